The summed E-state index contributed by atoms with van der Waals surface area (Å²) in [4.78, 5) is 11.5. The molecule has 0 aromatic heterocycles. The van der Waals surface area contributed by atoms with Crippen molar-refractivity contribution < 1.29 is 13.2 Å². The summed E-state index contributed by atoms with van der Waals surface area (Å²) < 4.78 is 24.0. The first-order chi connectivity index (χ1) is 8.86. The monoisotopic (exact) mass is 304 g/mol. The van der Waals surface area contributed by atoms with Gasteiger partial charge in [0.15, 0.2) is 9.84 Å². The maximum atomic E-state index is 12.0. The van der Waals surface area contributed by atoms with Crippen molar-refractivity contribution in [3.8, 4) is 0 Å². The molecule has 19 heavy (non-hydrogen) atoms. The summed E-state index contributed by atoms with van der Waals surface area (Å²) in [6.45, 7) is 2.46. The first kappa shape index (κ1) is 15.8. The van der Waals surface area contributed by atoms with Crippen molar-refractivity contribution in [3.63, 3.8) is 0 Å². The van der Waals surface area contributed by atoms with Crippen molar-refractivity contribution in [3.05, 3.63) is 23.2 Å². The van der Waals surface area contributed by atoms with E-state index in [2.05, 4.69) is 5.32 Å². The maximum Gasteiger partial charge on any atom is 0.235 e. The number of nitrogens with two attached hydrogens (primary N) is 1. The molecule has 7 heteroatoms. The van der Waals surface area contributed by atoms with Gasteiger partial charge in [-0.05, 0) is 24.6 Å². The van der Waals surface area contributed by atoms with Crippen LogP contribution in [0.1, 0.15) is 19.8 Å². The minimum Gasteiger partial charge on any atom is -0.398 e. The molecule has 106 valence electrons. The van der Waals surface area contributed by atoms with E-state index >= 15 is 0 Å². The zero-order chi connectivity index (χ0) is 14.5. The van der Waals surface area contributed by atoms with Crippen LogP contribution in [0.25, 0.3) is 0 Å². The van der Waals surface area contributed by atoms with Gasteiger partial charge in [-0.3, -0.25) is 4.79 Å². The fourth-order valence-corrected chi connectivity index (χ4v) is 2.99. The summed E-state index contributed by atoms with van der Waals surface area (Å²) >= 11 is 5.70. The van der Waals surface area contributed by atoms with Gasteiger partial charge in [0.05, 0.1) is 10.6 Å². The SMILES string of the molecule is CCCCNC(=O)CS(=O)(=O)c1ccc(Cl)cc1N. The molecule has 0 aliphatic carbocycles. The third kappa shape index (κ3) is 4.72. The second-order valence-corrected chi connectivity index (χ2v) is 6.54. The molecule has 5 nitrogen and oxygen atoms in total. The van der Waals surface area contributed by atoms with Gasteiger partial charge in [-0.2, -0.15) is 0 Å². The normalized spacial score (nSPS) is 11.3. The predicted octanol–water partition coefficient (Wildman–Crippen LogP) is 1.61. The Kier molecular flexibility index (Phi) is 5.62. The fraction of sp³-hybridized carbons (Fsp3) is 0.417. The summed E-state index contributed by atoms with van der Waals surface area (Å²) in [6, 6.07) is 4.09. The van der Waals surface area contributed by atoms with Gasteiger partial charge in [-0.15, -0.1) is 0 Å². The Bertz CT molecular complexity index is 558. The summed E-state index contributed by atoms with van der Waals surface area (Å²) in [7, 11) is -3.74. The molecule has 0 saturated heterocycles. The third-order valence-corrected chi connectivity index (χ3v) is 4.40. The van der Waals surface area contributed by atoms with Crippen LogP contribution in [-0.4, -0.2) is 26.6 Å². The molecule has 3 N–H and O–H groups in total. The van der Waals surface area contributed by atoms with E-state index in [4.69, 9.17) is 17.3 Å². The van der Waals surface area contributed by atoms with Crippen LogP contribution in [0, 0.1) is 0 Å². The molecular formula is C12H17ClN2O3S. The average molecular weight is 305 g/mol. The second-order valence-electron chi connectivity index (χ2n) is 4.14. The lowest BCUT2D eigenvalue weighted by Crippen LogP contribution is -2.31. The number of hydrogen-bond acceptors (Lipinski definition) is 4. The molecule has 0 aliphatic rings. The Hall–Kier alpha value is -1.27. The molecule has 0 aliphatic heterocycles. The molecule has 1 rings (SSSR count). The van der Waals surface area contributed by atoms with E-state index in [1.54, 1.807) is 0 Å². The summed E-state index contributed by atoms with van der Waals surface area (Å²) in [5, 5.41) is 2.91. The molecule has 0 saturated carbocycles. The molecule has 0 atom stereocenters. The highest BCUT2D eigenvalue weighted by Gasteiger charge is 2.21. The molecule has 0 spiro atoms. The van der Waals surface area contributed by atoms with Gasteiger partial charge in [-0.25, -0.2) is 8.42 Å². The fourth-order valence-electron chi connectivity index (χ4n) is 1.51. The maximum absolute atomic E-state index is 12.0. The van der Waals surface area contributed by atoms with E-state index in [0.717, 1.165) is 12.8 Å². The van der Waals surface area contributed by atoms with E-state index in [1.165, 1.54) is 18.2 Å². The molecular weight excluding hydrogens is 288 g/mol. The second kappa shape index (κ2) is 6.77. The standard InChI is InChI=1S/C12H17ClN2O3S/c1-2-3-6-15-12(16)8-19(17,18)11-5-4-9(13)7-10(11)14/h4-5,7H,2-3,6,8,14H2,1H3,(H,15,16). The number of carbonyl (C=O) groups is 1. The van der Waals surface area contributed by atoms with E-state index in [0.29, 0.717) is 11.6 Å². The molecule has 1 aromatic carbocycles. The lowest BCUT2D eigenvalue weighted by atomic mass is 10.3. The highest BCUT2D eigenvalue weighted by Crippen LogP contribution is 2.23. The molecule has 0 bridgehead atoms. The first-order valence-corrected chi connectivity index (χ1v) is 7.94. The van der Waals surface area contributed by atoms with E-state index < -0.39 is 21.5 Å². The number of carbonyl (C=O) groups excluding carboxylic acids is 1. The molecule has 0 radical (unpaired) electrons. The van der Waals surface area contributed by atoms with Gasteiger partial charge in [0.25, 0.3) is 0 Å². The van der Waals surface area contributed by atoms with Gasteiger partial charge in [0.1, 0.15) is 5.75 Å². The largest absolute Gasteiger partial charge is 0.398 e. The van der Waals surface area contributed by atoms with Crippen LogP contribution in [0.5, 0.6) is 0 Å². The zero-order valence-electron chi connectivity index (χ0n) is 10.6. The molecule has 1 aromatic rings. The van der Waals surface area contributed by atoms with Crippen LogP contribution in [0.15, 0.2) is 23.1 Å². The number of amides is 1. The van der Waals surface area contributed by atoms with Crippen LogP contribution < -0.4 is 11.1 Å². The Balaban J connectivity index is 2.78. The Morgan fingerprint density at radius 1 is 1.42 bits per heavy atom. The minimum absolute atomic E-state index is 0.0499. The number of halogens is 1. The molecule has 0 unspecified atom stereocenters. The van der Waals surface area contributed by atoms with Crippen LogP contribution in [-0.2, 0) is 14.6 Å². The van der Waals surface area contributed by atoms with Crippen molar-refractivity contribution in [2.45, 2.75) is 24.7 Å². The van der Waals surface area contributed by atoms with Gasteiger partial charge in [0.2, 0.25) is 5.91 Å². The number of hydrogen-bond donors (Lipinski definition) is 2. The van der Waals surface area contributed by atoms with Crippen molar-refractivity contribution >= 4 is 33.0 Å². The molecule has 0 heterocycles. The van der Waals surface area contributed by atoms with E-state index in [9.17, 15) is 13.2 Å². The number of rotatable bonds is 6. The number of nitrogen functional groups attached to an aromatic ring is 1. The highest BCUT2D eigenvalue weighted by atomic mass is 35.5. The van der Waals surface area contributed by atoms with Gasteiger partial charge in [0, 0.05) is 11.6 Å². The zero-order valence-corrected chi connectivity index (χ0v) is 12.2. The Morgan fingerprint density at radius 2 is 2.11 bits per heavy atom. The van der Waals surface area contributed by atoms with Gasteiger partial charge < -0.3 is 11.1 Å². The topological polar surface area (TPSA) is 89.3 Å². The van der Waals surface area contributed by atoms with Gasteiger partial charge >= 0.3 is 0 Å². The number of unbranched alkanes of at least 4 members (excludes halogenated alkanes) is 1. The van der Waals surface area contributed by atoms with Crippen molar-refractivity contribution in [2.24, 2.45) is 0 Å². The summed E-state index contributed by atoms with van der Waals surface area (Å²) in [5.41, 5.74) is 5.66. The number of benzene rings is 1. The Labute approximate surface area is 118 Å². The Morgan fingerprint density at radius 3 is 2.68 bits per heavy atom. The lowest BCUT2D eigenvalue weighted by Gasteiger charge is -2.08. The quantitative estimate of drug-likeness (QED) is 0.617. The van der Waals surface area contributed by atoms with Crippen LogP contribution in [0.4, 0.5) is 5.69 Å². The predicted molar refractivity (Wildman–Crippen MR) is 75.8 cm³/mol. The summed E-state index contributed by atoms with van der Waals surface area (Å²) in [6.07, 6.45) is 1.74. The summed E-state index contributed by atoms with van der Waals surface area (Å²) in [5.74, 6) is -1.13. The minimum atomic E-state index is -3.74. The first-order valence-electron chi connectivity index (χ1n) is 5.91. The lowest BCUT2D eigenvalue weighted by molar-refractivity contribution is -0.118. The number of sulfone groups is 1. The van der Waals surface area contributed by atoms with Crippen molar-refractivity contribution in [1.29, 1.82) is 0 Å². The van der Waals surface area contributed by atoms with Crippen molar-refractivity contribution in [2.75, 3.05) is 18.0 Å². The highest BCUT2D eigenvalue weighted by molar-refractivity contribution is 7.92. The van der Waals surface area contributed by atoms with E-state index in [-0.39, 0.29) is 10.6 Å². The van der Waals surface area contributed by atoms with Crippen LogP contribution in [0.3, 0.4) is 0 Å². The average Bonchev–Trinajstić information content (AvgIpc) is 2.27. The van der Waals surface area contributed by atoms with E-state index in [1.807, 2.05) is 6.92 Å². The molecule has 1 amide bonds. The van der Waals surface area contributed by atoms with Crippen LogP contribution in [0.2, 0.25) is 5.02 Å². The number of nitrogens with one attached hydrogen (secondary N) is 1. The smallest absolute Gasteiger partial charge is 0.235 e. The number of anilines is 1. The molecule has 0 fully saturated rings. The van der Waals surface area contributed by atoms with Gasteiger partial charge in [-0.1, -0.05) is 24.9 Å². The van der Waals surface area contributed by atoms with Crippen LogP contribution >= 0.6 is 11.6 Å². The van der Waals surface area contributed by atoms with Crippen molar-refractivity contribution in [1.82, 2.24) is 5.32 Å². The third-order valence-electron chi connectivity index (χ3n) is 2.48.